The van der Waals surface area contributed by atoms with Crippen molar-refractivity contribution in [3.63, 3.8) is 0 Å². The van der Waals surface area contributed by atoms with Gasteiger partial charge in [-0.15, -0.1) is 11.3 Å². The number of carbonyl (C=O) groups is 1. The van der Waals surface area contributed by atoms with Crippen molar-refractivity contribution < 1.29 is 13.2 Å². The summed E-state index contributed by atoms with van der Waals surface area (Å²) >= 11 is 1.28. The fourth-order valence-electron chi connectivity index (χ4n) is 2.40. The molecule has 0 unspecified atom stereocenters. The van der Waals surface area contributed by atoms with Crippen molar-refractivity contribution in [3.8, 4) is 6.07 Å². The van der Waals surface area contributed by atoms with Crippen molar-refractivity contribution in [1.82, 2.24) is 4.98 Å². The third kappa shape index (κ3) is 3.76. The van der Waals surface area contributed by atoms with Gasteiger partial charge in [-0.1, -0.05) is 30.3 Å². The number of para-hydroxylation sites is 1. The molecule has 0 saturated carbocycles. The first-order valence-electron chi connectivity index (χ1n) is 7.57. The van der Waals surface area contributed by atoms with Gasteiger partial charge in [0.2, 0.25) is 0 Å². The molecule has 0 spiro atoms. The van der Waals surface area contributed by atoms with Crippen molar-refractivity contribution in [3.05, 3.63) is 59.6 Å². The minimum absolute atomic E-state index is 0.177. The standard InChI is InChI=1S/C18H14N2O3S2/c19-12-14(18-20-15-8-4-5-9-17(15)24-18)16(21)10-11-25(22,23)13-6-2-1-3-7-13/h1-9,14H,10-11H2/t14-/m1/s1. The maximum Gasteiger partial charge on any atom is 0.178 e. The number of thiazole rings is 1. The van der Waals surface area contributed by atoms with Crippen LogP contribution in [0.2, 0.25) is 0 Å². The van der Waals surface area contributed by atoms with Gasteiger partial charge in [-0.3, -0.25) is 4.79 Å². The lowest BCUT2D eigenvalue weighted by Crippen LogP contribution is -2.16. The first kappa shape index (κ1) is 17.3. The van der Waals surface area contributed by atoms with Crippen LogP contribution >= 0.6 is 11.3 Å². The molecule has 0 radical (unpaired) electrons. The summed E-state index contributed by atoms with van der Waals surface area (Å²) in [6.07, 6.45) is -0.217. The van der Waals surface area contributed by atoms with Crippen LogP contribution < -0.4 is 0 Å². The summed E-state index contributed by atoms with van der Waals surface area (Å²) in [6.45, 7) is 0. The van der Waals surface area contributed by atoms with E-state index in [-0.39, 0.29) is 17.1 Å². The lowest BCUT2D eigenvalue weighted by atomic mass is 10.1. The molecule has 2 aromatic carbocycles. The molecule has 1 atom stereocenters. The van der Waals surface area contributed by atoms with E-state index in [1.807, 2.05) is 30.3 Å². The molecule has 3 aromatic rings. The van der Waals surface area contributed by atoms with Crippen molar-refractivity contribution in [2.24, 2.45) is 0 Å². The van der Waals surface area contributed by atoms with Gasteiger partial charge in [-0.2, -0.15) is 5.26 Å². The van der Waals surface area contributed by atoms with E-state index in [0.29, 0.717) is 5.01 Å². The Morgan fingerprint density at radius 1 is 1.12 bits per heavy atom. The van der Waals surface area contributed by atoms with Crippen LogP contribution in [0.25, 0.3) is 10.2 Å². The molecule has 0 bridgehead atoms. The molecule has 25 heavy (non-hydrogen) atoms. The highest BCUT2D eigenvalue weighted by Crippen LogP contribution is 2.28. The predicted octanol–water partition coefficient (Wildman–Crippen LogP) is 3.34. The van der Waals surface area contributed by atoms with Gasteiger partial charge >= 0.3 is 0 Å². The minimum Gasteiger partial charge on any atom is -0.298 e. The molecule has 7 heteroatoms. The summed E-state index contributed by atoms with van der Waals surface area (Å²) in [5.41, 5.74) is 0.729. The quantitative estimate of drug-likeness (QED) is 0.664. The smallest absolute Gasteiger partial charge is 0.178 e. The summed E-state index contributed by atoms with van der Waals surface area (Å²) < 4.78 is 25.4. The Bertz CT molecular complexity index is 1020. The summed E-state index contributed by atoms with van der Waals surface area (Å²) in [5.74, 6) is -1.79. The van der Waals surface area contributed by atoms with Crippen LogP contribution in [0, 0.1) is 11.3 Å². The minimum atomic E-state index is -3.55. The van der Waals surface area contributed by atoms with Crippen LogP contribution in [0.5, 0.6) is 0 Å². The number of rotatable bonds is 6. The largest absolute Gasteiger partial charge is 0.298 e. The molecular weight excluding hydrogens is 356 g/mol. The average molecular weight is 370 g/mol. The first-order valence-corrected chi connectivity index (χ1v) is 10.0. The van der Waals surface area contributed by atoms with Crippen molar-refractivity contribution in [2.45, 2.75) is 17.2 Å². The fraction of sp³-hybridized carbons (Fsp3) is 0.167. The maximum atomic E-state index is 12.4. The molecule has 0 N–H and O–H groups in total. The summed E-state index contributed by atoms with van der Waals surface area (Å²) in [4.78, 5) is 16.9. The molecule has 3 rings (SSSR count). The van der Waals surface area contributed by atoms with Crippen molar-refractivity contribution >= 4 is 37.2 Å². The number of fused-ring (bicyclic) bond motifs is 1. The second kappa shape index (κ2) is 7.13. The average Bonchev–Trinajstić information content (AvgIpc) is 3.05. The van der Waals surface area contributed by atoms with Gasteiger partial charge in [-0.05, 0) is 24.3 Å². The number of ketones is 1. The van der Waals surface area contributed by atoms with Crippen LogP contribution in [-0.2, 0) is 14.6 Å². The second-order valence-electron chi connectivity index (χ2n) is 5.43. The van der Waals surface area contributed by atoms with E-state index >= 15 is 0 Å². The van der Waals surface area contributed by atoms with Gasteiger partial charge < -0.3 is 0 Å². The Kier molecular flexibility index (Phi) is 4.93. The number of aromatic nitrogens is 1. The van der Waals surface area contributed by atoms with E-state index in [1.165, 1.54) is 23.5 Å². The number of hydrogen-bond acceptors (Lipinski definition) is 6. The van der Waals surface area contributed by atoms with Gasteiger partial charge in [-0.25, -0.2) is 13.4 Å². The molecule has 0 aliphatic carbocycles. The van der Waals surface area contributed by atoms with E-state index in [2.05, 4.69) is 4.98 Å². The van der Waals surface area contributed by atoms with Gasteiger partial charge in [0.15, 0.2) is 21.5 Å². The van der Waals surface area contributed by atoms with Crippen LogP contribution in [-0.4, -0.2) is 24.9 Å². The SMILES string of the molecule is N#C[C@H](C(=O)CCS(=O)(=O)c1ccccc1)c1nc2ccccc2s1. The molecule has 0 aliphatic heterocycles. The normalized spacial score (nSPS) is 12.6. The van der Waals surface area contributed by atoms with Crippen LogP contribution in [0.1, 0.15) is 17.3 Å². The Labute approximate surface area is 149 Å². The number of nitrogens with zero attached hydrogens (tertiary/aromatic N) is 2. The lowest BCUT2D eigenvalue weighted by Gasteiger charge is -2.06. The van der Waals surface area contributed by atoms with E-state index in [4.69, 9.17) is 0 Å². The summed E-state index contributed by atoms with van der Waals surface area (Å²) in [7, 11) is -3.55. The monoisotopic (exact) mass is 370 g/mol. The van der Waals surface area contributed by atoms with Crippen LogP contribution in [0.3, 0.4) is 0 Å². The highest BCUT2D eigenvalue weighted by Gasteiger charge is 2.26. The Balaban J connectivity index is 1.76. The van der Waals surface area contributed by atoms with Crippen molar-refractivity contribution in [2.75, 3.05) is 5.75 Å². The molecule has 0 fully saturated rings. The number of sulfone groups is 1. The number of benzene rings is 2. The zero-order valence-electron chi connectivity index (χ0n) is 13.1. The Morgan fingerprint density at radius 3 is 2.48 bits per heavy atom. The summed E-state index contributed by atoms with van der Waals surface area (Å²) in [5, 5.41) is 9.78. The number of carbonyl (C=O) groups excluding carboxylic acids is 1. The Morgan fingerprint density at radius 2 is 1.80 bits per heavy atom. The van der Waals surface area contributed by atoms with Gasteiger partial charge in [0, 0.05) is 6.42 Å². The molecule has 1 heterocycles. The third-order valence-electron chi connectivity index (χ3n) is 3.73. The molecule has 0 aliphatic rings. The Hall–Kier alpha value is -2.56. The molecule has 1 aromatic heterocycles. The van der Waals surface area contributed by atoms with Gasteiger partial charge in [0.05, 0.1) is 26.9 Å². The van der Waals surface area contributed by atoms with Crippen LogP contribution in [0.4, 0.5) is 0 Å². The number of Topliss-reactive ketones (excluding diaryl/α,β-unsaturated/α-hetero) is 1. The number of nitriles is 1. The number of hydrogen-bond donors (Lipinski definition) is 0. The molecule has 5 nitrogen and oxygen atoms in total. The molecule has 0 amide bonds. The van der Waals surface area contributed by atoms with E-state index < -0.39 is 21.5 Å². The second-order valence-corrected chi connectivity index (χ2v) is 8.60. The fourth-order valence-corrected chi connectivity index (χ4v) is 4.72. The van der Waals surface area contributed by atoms with E-state index in [9.17, 15) is 18.5 Å². The summed E-state index contributed by atoms with van der Waals surface area (Å²) in [6, 6.07) is 17.3. The zero-order valence-corrected chi connectivity index (χ0v) is 14.8. The third-order valence-corrected chi connectivity index (χ3v) is 6.56. The topological polar surface area (TPSA) is 87.9 Å². The van der Waals surface area contributed by atoms with Crippen LogP contribution in [0.15, 0.2) is 59.5 Å². The lowest BCUT2D eigenvalue weighted by molar-refractivity contribution is -0.119. The van der Waals surface area contributed by atoms with Crippen molar-refractivity contribution in [1.29, 1.82) is 5.26 Å². The molecule has 126 valence electrons. The first-order chi connectivity index (χ1) is 12.0. The van der Waals surface area contributed by atoms with Gasteiger partial charge in [0.1, 0.15) is 5.01 Å². The van der Waals surface area contributed by atoms with E-state index in [0.717, 1.165) is 10.2 Å². The highest BCUT2D eigenvalue weighted by atomic mass is 32.2. The van der Waals surface area contributed by atoms with E-state index in [1.54, 1.807) is 18.2 Å². The highest BCUT2D eigenvalue weighted by molar-refractivity contribution is 7.91. The maximum absolute atomic E-state index is 12.4. The van der Waals surface area contributed by atoms with Gasteiger partial charge in [0.25, 0.3) is 0 Å². The predicted molar refractivity (Wildman–Crippen MR) is 96.1 cm³/mol. The molecular formula is C18H14N2O3S2. The molecule has 0 saturated heterocycles. The zero-order chi connectivity index (χ0) is 17.9.